The number of benzene rings is 1. The van der Waals surface area contributed by atoms with Crippen molar-refractivity contribution in [3.8, 4) is 11.1 Å². The number of aliphatic hydroxyl groups excluding tert-OH is 1. The Morgan fingerprint density at radius 1 is 1.38 bits per heavy atom. The third-order valence-corrected chi connectivity index (χ3v) is 4.67. The monoisotopic (exact) mass is 377 g/mol. The summed E-state index contributed by atoms with van der Waals surface area (Å²) in [4.78, 5) is 16.1. The Kier molecular flexibility index (Phi) is 4.13. The van der Waals surface area contributed by atoms with Crippen molar-refractivity contribution in [3.63, 3.8) is 0 Å². The molecule has 1 aromatic carbocycles. The van der Waals surface area contributed by atoms with Crippen LogP contribution < -0.4 is 5.32 Å². The molecular weight excluding hydrogens is 364 g/mol. The molecule has 2 unspecified atom stereocenters. The van der Waals surface area contributed by atoms with Crippen molar-refractivity contribution in [1.82, 2.24) is 9.38 Å². The first kappa shape index (κ1) is 16.9. The maximum atomic E-state index is 13.6. The second kappa shape index (κ2) is 6.34. The molecule has 1 fully saturated rings. The van der Waals surface area contributed by atoms with Gasteiger partial charge in [-0.25, -0.2) is 13.8 Å². The minimum atomic E-state index is -1.07. The van der Waals surface area contributed by atoms with Gasteiger partial charge in [0.2, 0.25) is 5.91 Å². The molecule has 1 aliphatic carbocycles. The van der Waals surface area contributed by atoms with Gasteiger partial charge in [0, 0.05) is 6.20 Å². The van der Waals surface area contributed by atoms with Gasteiger partial charge in [-0.1, -0.05) is 11.6 Å². The number of amides is 1. The number of rotatable bonds is 4. The molecule has 2 heterocycles. The van der Waals surface area contributed by atoms with Crippen molar-refractivity contribution in [2.24, 2.45) is 5.92 Å². The highest BCUT2D eigenvalue weighted by Crippen LogP contribution is 2.35. The largest absolute Gasteiger partial charge is 0.392 e. The fourth-order valence-corrected chi connectivity index (χ4v) is 3.02. The Labute approximate surface area is 152 Å². The van der Waals surface area contributed by atoms with Crippen LogP contribution in [0.25, 0.3) is 16.8 Å². The Hall–Kier alpha value is -2.51. The Morgan fingerprint density at radius 3 is 2.85 bits per heavy atom. The number of nitrogens with zero attached hydrogens (tertiary/aromatic N) is 2. The molecule has 1 aliphatic rings. The zero-order valence-corrected chi connectivity index (χ0v) is 14.2. The van der Waals surface area contributed by atoms with Crippen LogP contribution in [-0.4, -0.2) is 26.6 Å². The standard InChI is InChI=1S/C18H14ClF2N3O2/c19-13-4-11(10(8-25)3-15(13)21)9-1-2-17-22-16(7-24(17)6-9)23-18(26)12-5-14(12)20/h1-4,6-7,12,14,25H,5,8H2,(H,23,26). The van der Waals surface area contributed by atoms with Crippen molar-refractivity contribution in [3.05, 3.63) is 53.1 Å². The molecule has 4 rings (SSSR count). The summed E-state index contributed by atoms with van der Waals surface area (Å²) in [6.07, 6.45) is 2.52. The van der Waals surface area contributed by atoms with Crippen molar-refractivity contribution >= 4 is 29.0 Å². The number of pyridine rings is 1. The molecule has 2 aromatic heterocycles. The first-order valence-electron chi connectivity index (χ1n) is 7.99. The molecule has 2 atom stereocenters. The van der Waals surface area contributed by atoms with Gasteiger partial charge in [-0.15, -0.1) is 0 Å². The van der Waals surface area contributed by atoms with Gasteiger partial charge in [0.25, 0.3) is 0 Å². The van der Waals surface area contributed by atoms with Crippen LogP contribution in [0.5, 0.6) is 0 Å². The fourth-order valence-electron chi connectivity index (χ4n) is 2.85. The molecule has 1 amide bonds. The summed E-state index contributed by atoms with van der Waals surface area (Å²) in [5, 5.41) is 12.0. The highest BCUT2D eigenvalue weighted by Gasteiger charge is 2.43. The van der Waals surface area contributed by atoms with E-state index >= 15 is 0 Å². The molecule has 0 aliphatic heterocycles. The molecule has 0 radical (unpaired) electrons. The summed E-state index contributed by atoms with van der Waals surface area (Å²) in [7, 11) is 0. The number of halogens is 3. The topological polar surface area (TPSA) is 66.6 Å². The summed E-state index contributed by atoms with van der Waals surface area (Å²) in [6, 6.07) is 6.13. The third-order valence-electron chi connectivity index (χ3n) is 4.38. The van der Waals surface area contributed by atoms with Crippen LogP contribution in [0.1, 0.15) is 12.0 Å². The maximum absolute atomic E-state index is 13.6. The van der Waals surface area contributed by atoms with Crippen molar-refractivity contribution < 1.29 is 18.7 Å². The number of carbonyl (C=O) groups excluding carboxylic acids is 1. The van der Waals surface area contributed by atoms with Crippen molar-refractivity contribution in [2.75, 3.05) is 5.32 Å². The van der Waals surface area contributed by atoms with Gasteiger partial charge in [0.15, 0.2) is 5.82 Å². The third kappa shape index (κ3) is 3.04. The molecule has 26 heavy (non-hydrogen) atoms. The van der Waals surface area contributed by atoms with E-state index in [0.29, 0.717) is 28.2 Å². The van der Waals surface area contributed by atoms with Gasteiger partial charge in [-0.05, 0) is 47.4 Å². The van der Waals surface area contributed by atoms with Crippen LogP contribution in [-0.2, 0) is 11.4 Å². The molecule has 2 N–H and O–H groups in total. The fraction of sp³-hybridized carbons (Fsp3) is 0.222. The number of hydrogen-bond donors (Lipinski definition) is 2. The van der Waals surface area contributed by atoms with E-state index in [1.807, 2.05) is 0 Å². The Morgan fingerprint density at radius 2 is 2.15 bits per heavy atom. The zero-order chi connectivity index (χ0) is 18.4. The van der Waals surface area contributed by atoms with Crippen molar-refractivity contribution in [2.45, 2.75) is 19.2 Å². The molecule has 0 bridgehead atoms. The number of carbonyl (C=O) groups is 1. The van der Waals surface area contributed by atoms with E-state index in [9.17, 15) is 18.7 Å². The van der Waals surface area contributed by atoms with Crippen molar-refractivity contribution in [1.29, 1.82) is 0 Å². The summed E-state index contributed by atoms with van der Waals surface area (Å²) >= 11 is 5.87. The van der Waals surface area contributed by atoms with Gasteiger partial charge in [0.05, 0.1) is 23.7 Å². The summed E-state index contributed by atoms with van der Waals surface area (Å²) in [6.45, 7) is -0.335. The first-order chi connectivity index (χ1) is 12.5. The molecule has 3 aromatic rings. The molecule has 5 nitrogen and oxygen atoms in total. The Bertz CT molecular complexity index is 1020. The average molecular weight is 378 g/mol. The lowest BCUT2D eigenvalue weighted by atomic mass is 10.0. The maximum Gasteiger partial charge on any atom is 0.231 e. The van der Waals surface area contributed by atoms with Gasteiger partial charge in [-0.2, -0.15) is 0 Å². The van der Waals surface area contributed by atoms with E-state index in [4.69, 9.17) is 11.6 Å². The number of nitrogens with one attached hydrogen (secondary N) is 1. The highest BCUT2D eigenvalue weighted by molar-refractivity contribution is 6.31. The van der Waals surface area contributed by atoms with Gasteiger partial charge >= 0.3 is 0 Å². The molecule has 0 spiro atoms. The molecule has 134 valence electrons. The summed E-state index contributed by atoms with van der Waals surface area (Å²) in [5.74, 6) is -1.25. The number of imidazole rings is 1. The number of aliphatic hydroxyl groups is 1. The van der Waals surface area contributed by atoms with Crippen LogP contribution in [0, 0.1) is 11.7 Å². The predicted molar refractivity (Wildman–Crippen MR) is 93.2 cm³/mol. The minimum absolute atomic E-state index is 0.0407. The minimum Gasteiger partial charge on any atom is -0.392 e. The van der Waals surface area contributed by atoms with E-state index in [-0.39, 0.29) is 24.0 Å². The van der Waals surface area contributed by atoms with Gasteiger partial charge < -0.3 is 14.8 Å². The van der Waals surface area contributed by atoms with Crippen LogP contribution in [0.4, 0.5) is 14.6 Å². The number of alkyl halides is 1. The second-order valence-electron chi connectivity index (χ2n) is 6.24. The van der Waals surface area contributed by atoms with Crippen LogP contribution in [0.3, 0.4) is 0 Å². The Balaban J connectivity index is 1.68. The number of fused-ring (bicyclic) bond motifs is 1. The number of anilines is 1. The number of aromatic nitrogens is 2. The lowest BCUT2D eigenvalue weighted by Gasteiger charge is -2.09. The number of hydrogen-bond acceptors (Lipinski definition) is 3. The summed E-state index contributed by atoms with van der Waals surface area (Å²) < 4.78 is 28.3. The predicted octanol–water partition coefficient (Wildman–Crippen LogP) is 3.58. The van der Waals surface area contributed by atoms with E-state index in [1.54, 1.807) is 28.9 Å². The average Bonchev–Trinajstić information content (AvgIpc) is 3.22. The first-order valence-corrected chi connectivity index (χ1v) is 8.37. The second-order valence-corrected chi connectivity index (χ2v) is 6.65. The van der Waals surface area contributed by atoms with E-state index in [2.05, 4.69) is 10.3 Å². The molecule has 1 saturated carbocycles. The van der Waals surface area contributed by atoms with Gasteiger partial charge in [-0.3, -0.25) is 4.79 Å². The lowest BCUT2D eigenvalue weighted by molar-refractivity contribution is -0.117. The highest BCUT2D eigenvalue weighted by atomic mass is 35.5. The van der Waals surface area contributed by atoms with Crippen LogP contribution in [0.2, 0.25) is 5.02 Å². The van der Waals surface area contributed by atoms with E-state index < -0.39 is 17.9 Å². The van der Waals surface area contributed by atoms with Crippen LogP contribution >= 0.6 is 11.6 Å². The summed E-state index contributed by atoms with van der Waals surface area (Å²) in [5.41, 5.74) is 2.28. The zero-order valence-electron chi connectivity index (χ0n) is 13.4. The van der Waals surface area contributed by atoms with E-state index in [0.717, 1.165) is 0 Å². The quantitative estimate of drug-likeness (QED) is 0.730. The van der Waals surface area contributed by atoms with E-state index in [1.165, 1.54) is 12.1 Å². The van der Waals surface area contributed by atoms with Gasteiger partial charge in [0.1, 0.15) is 17.6 Å². The molecule has 8 heteroatoms. The normalized spacial score (nSPS) is 18.9. The van der Waals surface area contributed by atoms with Crippen LogP contribution in [0.15, 0.2) is 36.7 Å². The SMILES string of the molecule is O=C(Nc1cn2cc(-c3cc(Cl)c(F)cc3CO)ccc2n1)C1CC1F. The smallest absolute Gasteiger partial charge is 0.231 e. The molecular formula is C18H14ClF2N3O2. The molecule has 0 saturated heterocycles. The lowest BCUT2D eigenvalue weighted by Crippen LogP contribution is -2.15.